The van der Waals surface area contributed by atoms with E-state index in [2.05, 4.69) is 15.5 Å². The van der Waals surface area contributed by atoms with E-state index >= 15 is 0 Å². The molecule has 0 unspecified atom stereocenters. The van der Waals surface area contributed by atoms with E-state index in [9.17, 15) is 13.2 Å². The minimum absolute atomic E-state index is 0.00738. The van der Waals surface area contributed by atoms with E-state index in [4.69, 9.17) is 0 Å². The van der Waals surface area contributed by atoms with Crippen molar-refractivity contribution in [1.82, 2.24) is 14.8 Å². The van der Waals surface area contributed by atoms with Crippen LogP contribution in [0, 0.1) is 13.8 Å². The lowest BCUT2D eigenvalue weighted by Crippen LogP contribution is -2.14. The molecule has 3 aromatic rings. The Morgan fingerprint density at radius 2 is 2.03 bits per heavy atom. The zero-order chi connectivity index (χ0) is 21.3. The summed E-state index contributed by atoms with van der Waals surface area (Å²) < 4.78 is 26.4. The van der Waals surface area contributed by atoms with Crippen LogP contribution in [0.5, 0.6) is 0 Å². The highest BCUT2D eigenvalue weighted by atomic mass is 32.2. The number of hydrogen-bond acceptors (Lipinski definition) is 8. The standard InChI is InChI=1S/C20H22N4O3S3/c1-13-10-17(14(2)24(13)16-8-9-30(26,27)12-16)18(25)11-28-20-23-22-19(29-20)21-15-6-4-3-5-7-15/h3-7,10,16H,8-9,11-12H2,1-2H3,(H,21,22)/t16-/m1/s1. The summed E-state index contributed by atoms with van der Waals surface area (Å²) in [6, 6.07) is 11.5. The summed E-state index contributed by atoms with van der Waals surface area (Å²) in [6.45, 7) is 3.82. The van der Waals surface area contributed by atoms with Gasteiger partial charge in [-0.15, -0.1) is 10.2 Å². The van der Waals surface area contributed by atoms with E-state index in [1.54, 1.807) is 0 Å². The number of para-hydroxylation sites is 1. The van der Waals surface area contributed by atoms with Gasteiger partial charge in [-0.05, 0) is 38.5 Å². The summed E-state index contributed by atoms with van der Waals surface area (Å²) in [7, 11) is -2.98. The number of aryl methyl sites for hydroxylation is 1. The molecule has 2 aromatic heterocycles. The highest BCUT2D eigenvalue weighted by Crippen LogP contribution is 2.31. The Balaban J connectivity index is 1.41. The molecule has 30 heavy (non-hydrogen) atoms. The van der Waals surface area contributed by atoms with Crippen molar-refractivity contribution in [3.63, 3.8) is 0 Å². The first kappa shape index (κ1) is 21.1. The van der Waals surface area contributed by atoms with Gasteiger partial charge in [0.05, 0.1) is 17.3 Å². The fourth-order valence-electron chi connectivity index (χ4n) is 3.77. The van der Waals surface area contributed by atoms with Gasteiger partial charge < -0.3 is 9.88 Å². The molecule has 4 rings (SSSR count). The van der Waals surface area contributed by atoms with Gasteiger partial charge in [0.1, 0.15) is 0 Å². The molecule has 0 radical (unpaired) electrons. The van der Waals surface area contributed by atoms with Gasteiger partial charge >= 0.3 is 0 Å². The topological polar surface area (TPSA) is 93.9 Å². The molecule has 0 saturated carbocycles. The number of ketones is 1. The van der Waals surface area contributed by atoms with E-state index in [0.29, 0.717) is 17.1 Å². The number of hydrogen-bond donors (Lipinski definition) is 1. The Hall–Kier alpha value is -2.17. The molecule has 1 fully saturated rings. The van der Waals surface area contributed by atoms with E-state index < -0.39 is 9.84 Å². The normalized spacial score (nSPS) is 17.9. The quantitative estimate of drug-likeness (QED) is 0.418. The molecule has 0 spiro atoms. The number of anilines is 2. The Morgan fingerprint density at radius 3 is 2.73 bits per heavy atom. The van der Waals surface area contributed by atoms with Crippen LogP contribution in [-0.4, -0.2) is 46.2 Å². The predicted octanol–water partition coefficient (Wildman–Crippen LogP) is 4.03. The van der Waals surface area contributed by atoms with Crippen molar-refractivity contribution >= 4 is 49.5 Å². The highest BCUT2D eigenvalue weighted by molar-refractivity contribution is 8.01. The monoisotopic (exact) mass is 462 g/mol. The third kappa shape index (κ3) is 4.60. The Labute approximate surface area is 183 Å². The number of sulfone groups is 1. The summed E-state index contributed by atoms with van der Waals surface area (Å²) in [6.07, 6.45) is 0.600. The van der Waals surface area contributed by atoms with Crippen molar-refractivity contribution in [2.45, 2.75) is 30.6 Å². The lowest BCUT2D eigenvalue weighted by molar-refractivity contribution is 0.102. The maximum atomic E-state index is 12.8. The van der Waals surface area contributed by atoms with Crippen LogP contribution < -0.4 is 5.32 Å². The minimum Gasteiger partial charge on any atom is -0.344 e. The molecule has 158 valence electrons. The second-order valence-electron chi connectivity index (χ2n) is 7.29. The molecule has 1 aliphatic rings. The number of rotatable bonds is 7. The van der Waals surface area contributed by atoms with Gasteiger partial charge in [-0.25, -0.2) is 8.42 Å². The number of aromatic nitrogens is 3. The zero-order valence-electron chi connectivity index (χ0n) is 16.7. The van der Waals surface area contributed by atoms with Crippen molar-refractivity contribution in [3.05, 3.63) is 53.3 Å². The third-order valence-electron chi connectivity index (χ3n) is 5.12. The predicted molar refractivity (Wildman–Crippen MR) is 121 cm³/mol. The van der Waals surface area contributed by atoms with Crippen LogP contribution in [0.2, 0.25) is 0 Å². The van der Waals surface area contributed by atoms with Gasteiger partial charge in [-0.2, -0.15) is 0 Å². The van der Waals surface area contributed by atoms with E-state index in [1.165, 1.54) is 23.1 Å². The molecule has 1 atom stereocenters. The van der Waals surface area contributed by atoms with E-state index in [-0.39, 0.29) is 29.1 Å². The van der Waals surface area contributed by atoms with Gasteiger partial charge in [0.15, 0.2) is 20.0 Å². The Morgan fingerprint density at radius 1 is 1.27 bits per heavy atom. The van der Waals surface area contributed by atoms with Gasteiger partial charge in [0, 0.05) is 28.7 Å². The summed E-state index contributed by atoms with van der Waals surface area (Å²) in [5.74, 6) is 0.624. The molecular formula is C20H22N4O3S3. The zero-order valence-corrected chi connectivity index (χ0v) is 19.1. The molecule has 0 bridgehead atoms. The Bertz CT molecular complexity index is 1170. The number of thioether (sulfide) groups is 1. The van der Waals surface area contributed by atoms with Crippen LogP contribution in [0.15, 0.2) is 40.7 Å². The minimum atomic E-state index is -2.98. The molecule has 1 aromatic carbocycles. The summed E-state index contributed by atoms with van der Waals surface area (Å²) >= 11 is 2.76. The van der Waals surface area contributed by atoms with Crippen molar-refractivity contribution in [3.8, 4) is 0 Å². The lowest BCUT2D eigenvalue weighted by atomic mass is 10.2. The first-order valence-corrected chi connectivity index (χ1v) is 13.2. The van der Waals surface area contributed by atoms with Crippen molar-refractivity contribution in [1.29, 1.82) is 0 Å². The average Bonchev–Trinajstić information content (AvgIpc) is 3.38. The first-order valence-electron chi connectivity index (χ1n) is 9.53. The molecule has 3 heterocycles. The summed E-state index contributed by atoms with van der Waals surface area (Å²) in [5.41, 5.74) is 3.34. The number of carbonyl (C=O) groups excluding carboxylic acids is 1. The van der Waals surface area contributed by atoms with Crippen LogP contribution >= 0.6 is 23.1 Å². The van der Waals surface area contributed by atoms with Crippen LogP contribution in [0.3, 0.4) is 0 Å². The lowest BCUT2D eigenvalue weighted by Gasteiger charge is -2.16. The molecule has 1 aliphatic heterocycles. The molecule has 1 N–H and O–H groups in total. The largest absolute Gasteiger partial charge is 0.344 e. The number of benzene rings is 1. The van der Waals surface area contributed by atoms with Gasteiger partial charge in [0.25, 0.3) is 0 Å². The number of nitrogens with one attached hydrogen (secondary N) is 1. The Kier molecular flexibility index (Phi) is 5.99. The summed E-state index contributed by atoms with van der Waals surface area (Å²) in [5, 5.41) is 12.1. The smallest absolute Gasteiger partial charge is 0.210 e. The van der Waals surface area contributed by atoms with E-state index in [1.807, 2.05) is 54.8 Å². The van der Waals surface area contributed by atoms with Crippen molar-refractivity contribution in [2.24, 2.45) is 0 Å². The maximum absolute atomic E-state index is 12.8. The average molecular weight is 463 g/mol. The molecule has 10 heteroatoms. The van der Waals surface area contributed by atoms with Crippen LogP contribution in [0.1, 0.15) is 34.2 Å². The molecule has 1 saturated heterocycles. The van der Waals surface area contributed by atoms with Crippen LogP contribution in [-0.2, 0) is 9.84 Å². The van der Waals surface area contributed by atoms with Gasteiger partial charge in [-0.1, -0.05) is 41.3 Å². The SMILES string of the molecule is Cc1cc(C(=O)CSc2nnc(Nc3ccccc3)s2)c(C)n1[C@@H]1CCS(=O)(=O)C1. The number of nitrogens with zero attached hydrogens (tertiary/aromatic N) is 3. The second kappa shape index (κ2) is 8.52. The highest BCUT2D eigenvalue weighted by Gasteiger charge is 2.31. The third-order valence-corrected chi connectivity index (χ3v) is 8.84. The summed E-state index contributed by atoms with van der Waals surface area (Å²) in [4.78, 5) is 12.8. The molecule has 0 amide bonds. The van der Waals surface area contributed by atoms with E-state index in [0.717, 1.165) is 21.4 Å². The van der Waals surface area contributed by atoms with Crippen LogP contribution in [0.4, 0.5) is 10.8 Å². The fourth-order valence-corrected chi connectivity index (χ4v) is 7.12. The first-order chi connectivity index (χ1) is 14.3. The van der Waals surface area contributed by atoms with Gasteiger partial charge in [0.2, 0.25) is 5.13 Å². The van der Waals surface area contributed by atoms with Crippen LogP contribution in [0.25, 0.3) is 0 Å². The molecular weight excluding hydrogens is 440 g/mol. The molecule has 0 aliphatic carbocycles. The van der Waals surface area contributed by atoms with Crippen molar-refractivity contribution in [2.75, 3.05) is 22.6 Å². The van der Waals surface area contributed by atoms with Crippen molar-refractivity contribution < 1.29 is 13.2 Å². The molecule has 7 nitrogen and oxygen atoms in total. The van der Waals surface area contributed by atoms with Gasteiger partial charge in [-0.3, -0.25) is 4.79 Å². The fraction of sp³-hybridized carbons (Fsp3) is 0.350. The maximum Gasteiger partial charge on any atom is 0.210 e. The second-order valence-corrected chi connectivity index (χ2v) is 11.7. The number of carbonyl (C=O) groups is 1. The number of Topliss-reactive ketones (excluding diaryl/α,β-unsaturated/α-hetero) is 1.